The zero-order valence-corrected chi connectivity index (χ0v) is 18.1. The van der Waals surface area contributed by atoms with Crippen molar-refractivity contribution in [1.82, 2.24) is 10.2 Å². The lowest BCUT2D eigenvalue weighted by molar-refractivity contribution is -0.138. The molecular formula is C22H27ClN2O2S. The van der Waals surface area contributed by atoms with Gasteiger partial charge in [-0.25, -0.2) is 0 Å². The Balaban J connectivity index is 2.12. The highest BCUT2D eigenvalue weighted by molar-refractivity contribution is 8.00. The molecule has 2 rings (SSSR count). The second-order valence-corrected chi connectivity index (χ2v) is 8.21. The number of carbonyl (C=O) groups excluding carboxylic acids is 2. The molecule has 4 nitrogen and oxygen atoms in total. The van der Waals surface area contributed by atoms with Crippen molar-refractivity contribution in [3.8, 4) is 0 Å². The van der Waals surface area contributed by atoms with Gasteiger partial charge in [-0.3, -0.25) is 9.59 Å². The lowest BCUT2D eigenvalue weighted by Gasteiger charge is -2.29. The molecule has 1 atom stereocenters. The maximum atomic E-state index is 13.0. The third kappa shape index (κ3) is 6.88. The number of hydrogen-bond acceptors (Lipinski definition) is 3. The van der Waals surface area contributed by atoms with Crippen molar-refractivity contribution < 1.29 is 9.59 Å². The fraction of sp³-hybridized carbons (Fsp3) is 0.364. The van der Waals surface area contributed by atoms with Gasteiger partial charge in [0.25, 0.3) is 0 Å². The summed E-state index contributed by atoms with van der Waals surface area (Å²) in [4.78, 5) is 28.1. The van der Waals surface area contributed by atoms with E-state index in [9.17, 15) is 9.59 Å². The Bertz CT molecular complexity index is 795. The van der Waals surface area contributed by atoms with E-state index >= 15 is 0 Å². The molecular weight excluding hydrogens is 392 g/mol. The average molecular weight is 419 g/mol. The molecule has 0 unspecified atom stereocenters. The van der Waals surface area contributed by atoms with Gasteiger partial charge in [-0.15, -0.1) is 11.8 Å². The number of aryl methyl sites for hydroxylation is 1. The number of benzene rings is 2. The van der Waals surface area contributed by atoms with Crippen LogP contribution in [-0.4, -0.2) is 35.1 Å². The summed E-state index contributed by atoms with van der Waals surface area (Å²) >= 11 is 7.36. The minimum Gasteiger partial charge on any atom is -0.354 e. The number of nitrogens with zero attached hydrogens (tertiary/aromatic N) is 1. The van der Waals surface area contributed by atoms with E-state index in [-0.39, 0.29) is 17.6 Å². The highest BCUT2D eigenvalue weighted by Crippen LogP contribution is 2.22. The molecule has 0 aromatic heterocycles. The van der Waals surface area contributed by atoms with Gasteiger partial charge < -0.3 is 10.2 Å². The van der Waals surface area contributed by atoms with Gasteiger partial charge in [0.2, 0.25) is 11.8 Å². The van der Waals surface area contributed by atoms with Crippen molar-refractivity contribution in [3.05, 3.63) is 64.7 Å². The Kier molecular flexibility index (Phi) is 8.87. The molecule has 0 saturated carbocycles. The summed E-state index contributed by atoms with van der Waals surface area (Å²) in [5.74, 6) is 0.0683. The zero-order chi connectivity index (χ0) is 20.5. The molecule has 0 aliphatic heterocycles. The third-order valence-electron chi connectivity index (χ3n) is 4.33. The molecule has 0 saturated heterocycles. The topological polar surface area (TPSA) is 49.4 Å². The number of amides is 2. The quantitative estimate of drug-likeness (QED) is 0.601. The second-order valence-electron chi connectivity index (χ2n) is 6.72. The maximum Gasteiger partial charge on any atom is 0.242 e. The Morgan fingerprint density at radius 2 is 1.89 bits per heavy atom. The van der Waals surface area contributed by atoms with Crippen molar-refractivity contribution in [3.63, 3.8) is 0 Å². The Hall–Kier alpha value is -1.98. The summed E-state index contributed by atoms with van der Waals surface area (Å²) in [5, 5.41) is 3.56. The minimum atomic E-state index is -0.537. The lowest BCUT2D eigenvalue weighted by atomic mass is 10.1. The molecule has 0 spiro atoms. The molecule has 0 bridgehead atoms. The summed E-state index contributed by atoms with van der Waals surface area (Å²) < 4.78 is 0. The van der Waals surface area contributed by atoms with E-state index in [4.69, 9.17) is 11.6 Å². The number of rotatable bonds is 9. The molecule has 0 radical (unpaired) electrons. The predicted molar refractivity (Wildman–Crippen MR) is 117 cm³/mol. The van der Waals surface area contributed by atoms with Crippen molar-refractivity contribution >= 4 is 35.2 Å². The number of hydrogen-bond donors (Lipinski definition) is 1. The summed E-state index contributed by atoms with van der Waals surface area (Å²) in [7, 11) is 0. The summed E-state index contributed by atoms with van der Waals surface area (Å²) in [6, 6.07) is 14.9. The molecule has 2 amide bonds. The number of halogens is 1. The molecule has 28 heavy (non-hydrogen) atoms. The smallest absolute Gasteiger partial charge is 0.242 e. The minimum absolute atomic E-state index is 0.0689. The van der Waals surface area contributed by atoms with Crippen LogP contribution in [0, 0.1) is 6.92 Å². The van der Waals surface area contributed by atoms with E-state index in [1.54, 1.807) is 24.0 Å². The number of carbonyl (C=O) groups is 2. The van der Waals surface area contributed by atoms with E-state index in [2.05, 4.69) is 5.32 Å². The van der Waals surface area contributed by atoms with Gasteiger partial charge in [0.05, 0.1) is 5.75 Å². The predicted octanol–water partition coefficient (Wildman–Crippen LogP) is 4.68. The Morgan fingerprint density at radius 3 is 2.54 bits per heavy atom. The number of thioether (sulfide) groups is 1. The molecule has 1 N–H and O–H groups in total. The van der Waals surface area contributed by atoms with Crippen molar-refractivity contribution in [2.45, 2.75) is 44.7 Å². The largest absolute Gasteiger partial charge is 0.354 e. The molecule has 0 heterocycles. The van der Waals surface area contributed by atoms with E-state index in [1.807, 2.05) is 50.2 Å². The first-order valence-corrected chi connectivity index (χ1v) is 10.8. The van der Waals surface area contributed by atoms with Crippen LogP contribution in [0.5, 0.6) is 0 Å². The molecule has 0 aliphatic carbocycles. The van der Waals surface area contributed by atoms with Gasteiger partial charge in [0.1, 0.15) is 6.04 Å². The molecule has 6 heteroatoms. The van der Waals surface area contributed by atoms with Crippen molar-refractivity contribution in [2.24, 2.45) is 0 Å². The molecule has 2 aromatic carbocycles. The van der Waals surface area contributed by atoms with Crippen molar-refractivity contribution in [1.29, 1.82) is 0 Å². The second kappa shape index (κ2) is 11.1. The van der Waals surface area contributed by atoms with Gasteiger partial charge >= 0.3 is 0 Å². The summed E-state index contributed by atoms with van der Waals surface area (Å²) in [6.45, 7) is 6.82. The van der Waals surface area contributed by atoms with Crippen LogP contribution in [0.1, 0.15) is 31.4 Å². The van der Waals surface area contributed by atoms with Crippen molar-refractivity contribution in [2.75, 3.05) is 12.3 Å². The highest BCUT2D eigenvalue weighted by Gasteiger charge is 2.25. The summed E-state index contributed by atoms with van der Waals surface area (Å²) in [6.07, 6.45) is 0.858. The SMILES string of the molecule is CCCNC(=O)[C@@H](C)N(Cc1cccc(C)c1)C(=O)CSc1ccc(Cl)cc1. The van der Waals surface area contributed by atoms with E-state index < -0.39 is 6.04 Å². The van der Waals surface area contributed by atoms with Gasteiger partial charge in [0, 0.05) is 23.0 Å². The maximum absolute atomic E-state index is 13.0. The van der Waals surface area contributed by atoms with Gasteiger partial charge in [-0.1, -0.05) is 48.4 Å². The van der Waals surface area contributed by atoms with Crippen LogP contribution in [-0.2, 0) is 16.1 Å². The average Bonchev–Trinajstić information content (AvgIpc) is 2.69. The van der Waals surface area contributed by atoms with Gasteiger partial charge in [0.15, 0.2) is 0 Å². The van der Waals surface area contributed by atoms with E-state index in [1.165, 1.54) is 11.8 Å². The molecule has 150 valence electrons. The fourth-order valence-electron chi connectivity index (χ4n) is 2.74. The first-order valence-electron chi connectivity index (χ1n) is 9.41. The standard InChI is InChI=1S/C22H27ClN2O2S/c1-4-12-24-22(27)17(3)25(14-18-7-5-6-16(2)13-18)21(26)15-28-20-10-8-19(23)9-11-20/h5-11,13,17H,4,12,14-15H2,1-3H3,(H,24,27)/t17-/m1/s1. The number of nitrogens with one attached hydrogen (secondary N) is 1. The fourth-order valence-corrected chi connectivity index (χ4v) is 3.66. The van der Waals surface area contributed by atoms with E-state index in [0.29, 0.717) is 18.1 Å². The lowest BCUT2D eigenvalue weighted by Crippen LogP contribution is -2.48. The van der Waals surface area contributed by atoms with Crippen LogP contribution in [0.15, 0.2) is 53.4 Å². The van der Waals surface area contributed by atoms with Crippen LogP contribution in [0.2, 0.25) is 5.02 Å². The van der Waals surface area contributed by atoms with Crippen LogP contribution in [0.4, 0.5) is 0 Å². The van der Waals surface area contributed by atoms with Crippen LogP contribution < -0.4 is 5.32 Å². The van der Waals surface area contributed by atoms with E-state index in [0.717, 1.165) is 22.4 Å². The first-order chi connectivity index (χ1) is 13.4. The Labute approximate surface area is 176 Å². The first kappa shape index (κ1) is 22.3. The molecule has 0 aliphatic rings. The normalized spacial score (nSPS) is 11.7. The Morgan fingerprint density at radius 1 is 1.18 bits per heavy atom. The zero-order valence-electron chi connectivity index (χ0n) is 16.6. The molecule has 2 aromatic rings. The van der Waals surface area contributed by atoms with Crippen LogP contribution in [0.3, 0.4) is 0 Å². The van der Waals surface area contributed by atoms with Gasteiger partial charge in [-0.05, 0) is 50.1 Å². The monoisotopic (exact) mass is 418 g/mol. The van der Waals surface area contributed by atoms with Gasteiger partial charge in [-0.2, -0.15) is 0 Å². The van der Waals surface area contributed by atoms with Crippen LogP contribution in [0.25, 0.3) is 0 Å². The molecule has 0 fully saturated rings. The highest BCUT2D eigenvalue weighted by atomic mass is 35.5. The third-order valence-corrected chi connectivity index (χ3v) is 5.58. The van der Waals surface area contributed by atoms with Crippen LogP contribution >= 0.6 is 23.4 Å². The summed E-state index contributed by atoms with van der Waals surface area (Å²) in [5.41, 5.74) is 2.14.